The summed E-state index contributed by atoms with van der Waals surface area (Å²) in [5.74, 6) is 0.143. The zero-order valence-electron chi connectivity index (χ0n) is 10.9. The number of aliphatic hydroxyl groups excluding tert-OH is 1. The molecule has 0 aliphatic heterocycles. The molecule has 0 aromatic heterocycles. The van der Waals surface area contributed by atoms with Crippen LogP contribution < -0.4 is 0 Å². The maximum absolute atomic E-state index is 12.0. The van der Waals surface area contributed by atoms with Gasteiger partial charge in [-0.1, -0.05) is 36.3 Å². The van der Waals surface area contributed by atoms with Gasteiger partial charge in [0.1, 0.15) is 5.78 Å². The van der Waals surface area contributed by atoms with Gasteiger partial charge in [-0.05, 0) is 29.9 Å². The Hall–Kier alpha value is -1.84. The molecular formula is C14H17N3O2. The summed E-state index contributed by atoms with van der Waals surface area (Å²) < 4.78 is 0. The first-order valence-corrected chi connectivity index (χ1v) is 6.48. The van der Waals surface area contributed by atoms with Gasteiger partial charge >= 0.3 is 0 Å². The number of hydrogen-bond donors (Lipinski definition) is 1. The van der Waals surface area contributed by atoms with Gasteiger partial charge in [0.05, 0.1) is 6.10 Å². The molecule has 0 spiro atoms. The van der Waals surface area contributed by atoms with Crippen molar-refractivity contribution in [2.45, 2.75) is 32.3 Å². The number of ketones is 1. The second-order valence-corrected chi connectivity index (χ2v) is 5.15. The molecule has 1 aliphatic rings. The summed E-state index contributed by atoms with van der Waals surface area (Å²) in [5.41, 5.74) is 9.47. The fraction of sp³-hybridized carbons (Fsp3) is 0.500. The molecule has 0 heterocycles. The van der Waals surface area contributed by atoms with Crippen molar-refractivity contribution in [3.8, 4) is 0 Å². The summed E-state index contributed by atoms with van der Waals surface area (Å²) in [5, 5.41) is 14.0. The van der Waals surface area contributed by atoms with Crippen LogP contribution in [0.1, 0.15) is 37.9 Å². The third-order valence-electron chi connectivity index (χ3n) is 3.74. The molecule has 1 N–H and O–H groups in total. The van der Waals surface area contributed by atoms with Crippen LogP contribution in [0.25, 0.3) is 10.4 Å². The van der Waals surface area contributed by atoms with Crippen LogP contribution in [0.15, 0.2) is 29.4 Å². The van der Waals surface area contributed by atoms with E-state index in [9.17, 15) is 9.90 Å². The molecule has 3 atom stereocenters. The Balaban J connectivity index is 2.30. The van der Waals surface area contributed by atoms with E-state index in [1.54, 1.807) is 24.3 Å². The van der Waals surface area contributed by atoms with Crippen molar-refractivity contribution < 1.29 is 9.90 Å². The lowest BCUT2D eigenvalue weighted by Crippen LogP contribution is -2.29. The van der Waals surface area contributed by atoms with E-state index in [4.69, 9.17) is 5.53 Å². The molecule has 0 amide bonds. The first kappa shape index (κ1) is 13.6. The Bertz CT molecular complexity index is 523. The fourth-order valence-corrected chi connectivity index (χ4v) is 2.66. The lowest BCUT2D eigenvalue weighted by Gasteiger charge is -2.29. The normalized spacial score (nSPS) is 24.6. The van der Waals surface area contributed by atoms with E-state index < -0.39 is 12.0 Å². The van der Waals surface area contributed by atoms with Crippen molar-refractivity contribution in [3.05, 3.63) is 40.3 Å². The van der Waals surface area contributed by atoms with Crippen LogP contribution in [0.5, 0.6) is 0 Å². The van der Waals surface area contributed by atoms with Crippen LogP contribution >= 0.6 is 0 Å². The first-order chi connectivity index (χ1) is 9.13. The van der Waals surface area contributed by atoms with E-state index in [0.29, 0.717) is 30.0 Å². The topological polar surface area (TPSA) is 86.1 Å². The quantitative estimate of drug-likeness (QED) is 0.510. The molecule has 1 aromatic rings. The maximum Gasteiger partial charge on any atom is 0.138 e. The molecule has 2 rings (SSSR count). The average Bonchev–Trinajstić information content (AvgIpc) is 2.42. The summed E-state index contributed by atoms with van der Waals surface area (Å²) in [6.07, 6.45) is 1.20. The lowest BCUT2D eigenvalue weighted by molar-refractivity contribution is -0.129. The largest absolute Gasteiger partial charge is 0.388 e. The number of rotatable bonds is 3. The number of carbonyl (C=O) groups is 1. The van der Waals surface area contributed by atoms with E-state index in [0.717, 1.165) is 6.42 Å². The van der Waals surface area contributed by atoms with Crippen LogP contribution in [0.4, 0.5) is 5.69 Å². The number of Topliss-reactive ketones (excluding diaryl/α,β-unsaturated/α-hetero) is 1. The Morgan fingerprint density at radius 1 is 1.47 bits per heavy atom. The number of hydrogen-bond acceptors (Lipinski definition) is 3. The van der Waals surface area contributed by atoms with E-state index in [2.05, 4.69) is 16.9 Å². The van der Waals surface area contributed by atoms with Gasteiger partial charge in [0.2, 0.25) is 0 Å². The molecular weight excluding hydrogens is 242 g/mol. The van der Waals surface area contributed by atoms with Gasteiger partial charge in [-0.15, -0.1) is 0 Å². The van der Waals surface area contributed by atoms with Gasteiger partial charge in [-0.25, -0.2) is 0 Å². The van der Waals surface area contributed by atoms with E-state index in [-0.39, 0.29) is 5.78 Å². The third kappa shape index (κ3) is 2.95. The van der Waals surface area contributed by atoms with E-state index >= 15 is 0 Å². The monoisotopic (exact) mass is 259 g/mol. The van der Waals surface area contributed by atoms with E-state index in [1.165, 1.54) is 0 Å². The Morgan fingerprint density at radius 2 is 2.21 bits per heavy atom. The minimum Gasteiger partial charge on any atom is -0.388 e. The summed E-state index contributed by atoms with van der Waals surface area (Å²) in [6.45, 7) is 2.09. The van der Waals surface area contributed by atoms with Crippen molar-refractivity contribution in [3.63, 3.8) is 0 Å². The average molecular weight is 259 g/mol. The predicted molar refractivity (Wildman–Crippen MR) is 71.7 cm³/mol. The molecule has 5 nitrogen and oxygen atoms in total. The summed E-state index contributed by atoms with van der Waals surface area (Å²) in [7, 11) is 0. The molecule has 1 fully saturated rings. The van der Waals surface area contributed by atoms with Gasteiger partial charge in [0.15, 0.2) is 0 Å². The molecule has 100 valence electrons. The van der Waals surface area contributed by atoms with Crippen LogP contribution in [0.3, 0.4) is 0 Å². The van der Waals surface area contributed by atoms with Crippen LogP contribution in [-0.4, -0.2) is 10.9 Å². The van der Waals surface area contributed by atoms with Gasteiger partial charge in [-0.2, -0.15) is 0 Å². The molecule has 5 heteroatoms. The fourth-order valence-electron chi connectivity index (χ4n) is 2.66. The van der Waals surface area contributed by atoms with Gasteiger partial charge in [0, 0.05) is 22.9 Å². The van der Waals surface area contributed by atoms with Crippen molar-refractivity contribution >= 4 is 11.5 Å². The minimum absolute atomic E-state index is 0.0985. The van der Waals surface area contributed by atoms with Crippen LogP contribution in [0, 0.1) is 11.8 Å². The molecule has 0 radical (unpaired) electrons. The van der Waals surface area contributed by atoms with Crippen molar-refractivity contribution in [1.29, 1.82) is 0 Å². The summed E-state index contributed by atoms with van der Waals surface area (Å²) in [6, 6.07) is 6.87. The molecule has 0 bridgehead atoms. The molecule has 0 saturated heterocycles. The Labute approximate surface area is 111 Å². The number of aliphatic hydroxyl groups is 1. The third-order valence-corrected chi connectivity index (χ3v) is 3.74. The molecule has 19 heavy (non-hydrogen) atoms. The summed E-state index contributed by atoms with van der Waals surface area (Å²) >= 11 is 0. The number of carbonyl (C=O) groups excluding carboxylic acids is 1. The smallest absolute Gasteiger partial charge is 0.138 e. The van der Waals surface area contributed by atoms with Crippen LogP contribution in [0.2, 0.25) is 0 Å². The molecule has 1 saturated carbocycles. The number of azide groups is 1. The highest BCUT2D eigenvalue weighted by Crippen LogP contribution is 2.38. The summed E-state index contributed by atoms with van der Waals surface area (Å²) in [4.78, 5) is 14.7. The van der Waals surface area contributed by atoms with Gasteiger partial charge < -0.3 is 5.11 Å². The molecule has 0 unspecified atom stereocenters. The molecule has 1 aromatic carbocycles. The van der Waals surface area contributed by atoms with Crippen molar-refractivity contribution in [2.24, 2.45) is 17.0 Å². The zero-order valence-corrected chi connectivity index (χ0v) is 10.9. The highest BCUT2D eigenvalue weighted by Gasteiger charge is 2.33. The first-order valence-electron chi connectivity index (χ1n) is 6.48. The minimum atomic E-state index is -0.892. The van der Waals surface area contributed by atoms with Gasteiger partial charge in [0.25, 0.3) is 0 Å². The number of nitrogens with zero attached hydrogens (tertiary/aromatic N) is 3. The van der Waals surface area contributed by atoms with Crippen molar-refractivity contribution in [2.75, 3.05) is 0 Å². The SMILES string of the molecule is C[C@H]1CCC(=O)[C@H]([C@@H](O)c2ccccc2N=[N+]=[N-])C1. The zero-order chi connectivity index (χ0) is 13.8. The Morgan fingerprint density at radius 3 is 2.95 bits per heavy atom. The second kappa shape index (κ2) is 5.87. The standard InChI is InChI=1S/C14H17N3O2/c1-9-6-7-13(18)11(8-9)14(19)10-4-2-3-5-12(10)16-17-15/h2-5,9,11,14,19H,6-8H2,1H3/t9-,11+,14-/m0/s1. The molecule has 1 aliphatic carbocycles. The second-order valence-electron chi connectivity index (χ2n) is 5.15. The Kier molecular flexibility index (Phi) is 4.20. The van der Waals surface area contributed by atoms with Gasteiger partial charge in [-0.3, -0.25) is 4.79 Å². The maximum atomic E-state index is 12.0. The van der Waals surface area contributed by atoms with Crippen molar-refractivity contribution in [1.82, 2.24) is 0 Å². The predicted octanol–water partition coefficient (Wildman–Crippen LogP) is 3.67. The highest BCUT2D eigenvalue weighted by atomic mass is 16.3. The number of benzene rings is 1. The lowest BCUT2D eigenvalue weighted by atomic mass is 9.77. The van der Waals surface area contributed by atoms with Crippen LogP contribution in [-0.2, 0) is 4.79 Å². The van der Waals surface area contributed by atoms with E-state index in [1.807, 2.05) is 0 Å². The highest BCUT2D eigenvalue weighted by molar-refractivity contribution is 5.82.